The first-order chi connectivity index (χ1) is 10.5. The quantitative estimate of drug-likeness (QED) is 0.693. The molecule has 0 N–H and O–H groups in total. The maximum atomic E-state index is 12.4. The Morgan fingerprint density at radius 3 is 2.55 bits per heavy atom. The molecule has 0 heterocycles. The molecule has 122 valence electrons. The average molecular weight is 307 g/mol. The number of ether oxygens (including phenoxy) is 2. The molecule has 0 aromatic heterocycles. The van der Waals surface area contributed by atoms with Crippen LogP contribution in [-0.4, -0.2) is 43.6 Å². The van der Waals surface area contributed by atoms with E-state index >= 15 is 0 Å². The fourth-order valence-corrected chi connectivity index (χ4v) is 1.85. The molecule has 0 atom stereocenters. The van der Waals surface area contributed by atoms with Crippen LogP contribution in [0.4, 0.5) is 0 Å². The zero-order chi connectivity index (χ0) is 16.5. The zero-order valence-corrected chi connectivity index (χ0v) is 13.8. The number of benzene rings is 1. The van der Waals surface area contributed by atoms with E-state index in [1.807, 2.05) is 6.07 Å². The van der Waals surface area contributed by atoms with Crippen molar-refractivity contribution in [2.24, 2.45) is 5.92 Å². The summed E-state index contributed by atoms with van der Waals surface area (Å²) in [5.41, 5.74) is 0.457. The van der Waals surface area contributed by atoms with Crippen LogP contribution in [0.3, 0.4) is 0 Å². The van der Waals surface area contributed by atoms with Gasteiger partial charge in [0.25, 0.3) is 5.91 Å². The Morgan fingerprint density at radius 1 is 1.23 bits per heavy atom. The molecule has 0 bridgehead atoms. The van der Waals surface area contributed by atoms with E-state index in [4.69, 9.17) is 9.47 Å². The summed E-state index contributed by atoms with van der Waals surface area (Å²) in [4.78, 5) is 25.3. The molecule has 0 aliphatic heterocycles. The van der Waals surface area contributed by atoms with Crippen molar-refractivity contribution in [3.8, 4) is 5.75 Å². The molecule has 1 rings (SSSR count). The minimum Gasteiger partial charge on any atom is -0.493 e. The van der Waals surface area contributed by atoms with Crippen LogP contribution in [0.25, 0.3) is 0 Å². The largest absolute Gasteiger partial charge is 0.493 e. The lowest BCUT2D eigenvalue weighted by Crippen LogP contribution is -2.33. The third kappa shape index (κ3) is 5.76. The number of nitrogens with zero attached hydrogens (tertiary/aromatic N) is 1. The van der Waals surface area contributed by atoms with Crippen molar-refractivity contribution in [3.05, 3.63) is 29.8 Å². The van der Waals surface area contributed by atoms with Gasteiger partial charge < -0.3 is 14.4 Å². The second-order valence-electron chi connectivity index (χ2n) is 5.49. The van der Waals surface area contributed by atoms with Gasteiger partial charge in [0.15, 0.2) is 0 Å². The molecular weight excluding hydrogens is 282 g/mol. The van der Waals surface area contributed by atoms with Gasteiger partial charge in [0.05, 0.1) is 18.8 Å². The monoisotopic (exact) mass is 307 g/mol. The minimum atomic E-state index is -0.420. The molecule has 1 amide bonds. The third-order valence-corrected chi connectivity index (χ3v) is 3.09. The van der Waals surface area contributed by atoms with Crippen molar-refractivity contribution in [3.63, 3.8) is 0 Å². The number of likely N-dealkylation sites (N-methyl/N-ethyl adjacent to an activating group) is 1. The maximum absolute atomic E-state index is 12.4. The smallest absolute Gasteiger partial charge is 0.325 e. The van der Waals surface area contributed by atoms with E-state index in [0.29, 0.717) is 30.4 Å². The summed E-state index contributed by atoms with van der Waals surface area (Å²) in [5.74, 6) is 0.406. The Balaban J connectivity index is 2.73. The molecule has 0 saturated heterocycles. The van der Waals surface area contributed by atoms with Crippen LogP contribution in [0.1, 0.15) is 37.6 Å². The molecule has 22 heavy (non-hydrogen) atoms. The van der Waals surface area contributed by atoms with E-state index < -0.39 is 5.97 Å². The van der Waals surface area contributed by atoms with Gasteiger partial charge in [-0.1, -0.05) is 26.0 Å². The topological polar surface area (TPSA) is 55.8 Å². The van der Waals surface area contributed by atoms with E-state index in [9.17, 15) is 9.59 Å². The first-order valence-corrected chi connectivity index (χ1v) is 7.58. The number of esters is 1. The summed E-state index contributed by atoms with van der Waals surface area (Å²) >= 11 is 0. The zero-order valence-electron chi connectivity index (χ0n) is 13.8. The Kier molecular flexibility index (Phi) is 7.43. The molecule has 5 heteroatoms. The van der Waals surface area contributed by atoms with Gasteiger partial charge in [0.2, 0.25) is 0 Å². The second-order valence-corrected chi connectivity index (χ2v) is 5.49. The van der Waals surface area contributed by atoms with Crippen molar-refractivity contribution in [2.45, 2.75) is 27.2 Å². The number of hydrogen-bond acceptors (Lipinski definition) is 4. The predicted molar refractivity (Wildman–Crippen MR) is 85.0 cm³/mol. The van der Waals surface area contributed by atoms with Crippen molar-refractivity contribution >= 4 is 11.9 Å². The molecule has 0 aliphatic carbocycles. The Morgan fingerprint density at radius 2 is 1.91 bits per heavy atom. The van der Waals surface area contributed by atoms with E-state index in [1.54, 1.807) is 32.2 Å². The van der Waals surface area contributed by atoms with Gasteiger partial charge in [-0.25, -0.2) is 0 Å². The predicted octanol–water partition coefficient (Wildman–Crippen LogP) is 2.75. The Bertz CT molecular complexity index is 499. The van der Waals surface area contributed by atoms with Gasteiger partial charge in [-0.15, -0.1) is 0 Å². The fraction of sp³-hybridized carbons (Fsp3) is 0.529. The van der Waals surface area contributed by atoms with Crippen LogP contribution < -0.4 is 4.74 Å². The van der Waals surface area contributed by atoms with Gasteiger partial charge in [0, 0.05) is 7.05 Å². The molecule has 0 unspecified atom stereocenters. The van der Waals surface area contributed by atoms with Crippen LogP contribution in [-0.2, 0) is 9.53 Å². The molecule has 0 saturated carbocycles. The molecule has 1 aromatic rings. The fourth-order valence-electron chi connectivity index (χ4n) is 1.85. The lowest BCUT2D eigenvalue weighted by Gasteiger charge is -2.18. The summed E-state index contributed by atoms with van der Waals surface area (Å²) in [7, 11) is 1.57. The highest BCUT2D eigenvalue weighted by Gasteiger charge is 2.19. The van der Waals surface area contributed by atoms with Gasteiger partial charge >= 0.3 is 5.97 Å². The average Bonchev–Trinajstić information content (AvgIpc) is 2.46. The number of hydrogen-bond donors (Lipinski definition) is 0. The summed E-state index contributed by atoms with van der Waals surface area (Å²) in [6.45, 7) is 6.75. The van der Waals surface area contributed by atoms with E-state index in [2.05, 4.69) is 13.8 Å². The van der Waals surface area contributed by atoms with E-state index in [0.717, 1.165) is 6.42 Å². The van der Waals surface area contributed by atoms with E-state index in [-0.39, 0.29) is 12.5 Å². The lowest BCUT2D eigenvalue weighted by molar-refractivity contribution is -0.143. The normalized spacial score (nSPS) is 10.4. The molecule has 5 nitrogen and oxygen atoms in total. The second kappa shape index (κ2) is 9.07. The SMILES string of the molecule is CCOC(=O)CN(C)C(=O)c1ccccc1OCCC(C)C. The summed E-state index contributed by atoms with van der Waals surface area (Å²) in [5, 5.41) is 0. The third-order valence-electron chi connectivity index (χ3n) is 3.09. The van der Waals surface area contributed by atoms with Gasteiger partial charge in [-0.2, -0.15) is 0 Å². The summed E-state index contributed by atoms with van der Waals surface area (Å²) in [6.07, 6.45) is 0.918. The van der Waals surface area contributed by atoms with Crippen molar-refractivity contribution in [2.75, 3.05) is 26.8 Å². The first-order valence-electron chi connectivity index (χ1n) is 7.58. The highest BCUT2D eigenvalue weighted by Crippen LogP contribution is 2.20. The number of rotatable bonds is 8. The first kappa shape index (κ1) is 18.0. The van der Waals surface area contributed by atoms with Crippen molar-refractivity contribution in [1.82, 2.24) is 4.90 Å². The van der Waals surface area contributed by atoms with Gasteiger partial charge in [-0.3, -0.25) is 9.59 Å². The molecule has 0 fully saturated rings. The van der Waals surface area contributed by atoms with Crippen LogP contribution in [0.5, 0.6) is 5.75 Å². The number of para-hydroxylation sites is 1. The van der Waals surface area contributed by atoms with Gasteiger partial charge in [-0.05, 0) is 31.4 Å². The molecular formula is C17H25NO4. The van der Waals surface area contributed by atoms with Crippen LogP contribution in [0.2, 0.25) is 0 Å². The summed E-state index contributed by atoms with van der Waals surface area (Å²) in [6, 6.07) is 7.08. The summed E-state index contributed by atoms with van der Waals surface area (Å²) < 4.78 is 10.6. The standard InChI is InChI=1S/C17H25NO4/c1-5-21-16(19)12-18(4)17(20)14-8-6-7-9-15(14)22-11-10-13(2)3/h6-9,13H,5,10-12H2,1-4H3. The highest BCUT2D eigenvalue weighted by atomic mass is 16.5. The molecule has 1 aromatic carbocycles. The minimum absolute atomic E-state index is 0.0764. The highest BCUT2D eigenvalue weighted by molar-refractivity contribution is 5.98. The van der Waals surface area contributed by atoms with Crippen molar-refractivity contribution < 1.29 is 19.1 Å². The number of carbonyl (C=O) groups is 2. The van der Waals surface area contributed by atoms with Crippen LogP contribution in [0.15, 0.2) is 24.3 Å². The Hall–Kier alpha value is -2.04. The maximum Gasteiger partial charge on any atom is 0.325 e. The van der Waals surface area contributed by atoms with Crippen molar-refractivity contribution in [1.29, 1.82) is 0 Å². The van der Waals surface area contributed by atoms with E-state index in [1.165, 1.54) is 4.90 Å². The molecule has 0 spiro atoms. The van der Waals surface area contributed by atoms with Gasteiger partial charge in [0.1, 0.15) is 12.3 Å². The molecule has 0 aliphatic rings. The van der Waals surface area contributed by atoms with Crippen LogP contribution >= 0.6 is 0 Å². The van der Waals surface area contributed by atoms with Crippen LogP contribution in [0, 0.1) is 5.92 Å². The molecule has 0 radical (unpaired) electrons. The lowest BCUT2D eigenvalue weighted by atomic mass is 10.1. The Labute approximate surface area is 132 Å². The number of carbonyl (C=O) groups excluding carboxylic acids is 2. The number of amides is 1.